The van der Waals surface area contributed by atoms with Gasteiger partial charge in [0.1, 0.15) is 5.92 Å². The highest BCUT2D eigenvalue weighted by Gasteiger charge is 2.27. The van der Waals surface area contributed by atoms with Crippen LogP contribution in [0, 0.1) is 17.2 Å². The van der Waals surface area contributed by atoms with Crippen molar-refractivity contribution in [2.75, 3.05) is 13.1 Å². The van der Waals surface area contributed by atoms with Crippen molar-refractivity contribution in [3.05, 3.63) is 5.82 Å². The van der Waals surface area contributed by atoms with Gasteiger partial charge in [0.25, 0.3) is 0 Å². The van der Waals surface area contributed by atoms with Crippen LogP contribution in [0.3, 0.4) is 0 Å². The molecule has 0 amide bonds. The molecule has 1 aromatic heterocycles. The Morgan fingerprint density at radius 2 is 2.50 bits per heavy atom. The lowest BCUT2D eigenvalue weighted by atomic mass is 9.87. The molecule has 0 spiro atoms. The molecule has 1 aliphatic heterocycles. The molecule has 1 aromatic rings. The van der Waals surface area contributed by atoms with Crippen LogP contribution in [0.4, 0.5) is 0 Å². The minimum absolute atomic E-state index is 0.235. The molecule has 0 radical (unpaired) electrons. The van der Waals surface area contributed by atoms with Crippen LogP contribution in [0.5, 0.6) is 0 Å². The molecule has 2 heterocycles. The zero-order valence-corrected chi connectivity index (χ0v) is 7.77. The third-order valence-corrected chi connectivity index (χ3v) is 2.59. The highest BCUT2D eigenvalue weighted by molar-refractivity contribution is 5.08. The maximum absolute atomic E-state index is 9.05. The van der Waals surface area contributed by atoms with Crippen molar-refractivity contribution in [2.24, 2.45) is 5.92 Å². The van der Waals surface area contributed by atoms with E-state index in [1.165, 1.54) is 0 Å². The smallest absolute Gasteiger partial charge is 0.191 e. The van der Waals surface area contributed by atoms with Gasteiger partial charge in [-0.2, -0.15) is 10.5 Å². The number of hydrogen-bond donors (Lipinski definition) is 2. The Morgan fingerprint density at radius 3 is 3.07 bits per heavy atom. The first-order chi connectivity index (χ1) is 6.92. The molecule has 1 unspecified atom stereocenters. The minimum atomic E-state index is -0.235. The summed E-state index contributed by atoms with van der Waals surface area (Å²) < 4.78 is 0. The van der Waals surface area contributed by atoms with Crippen LogP contribution in [-0.4, -0.2) is 33.7 Å². The largest absolute Gasteiger partial charge is 0.316 e. The van der Waals surface area contributed by atoms with Gasteiger partial charge in [0.05, 0.1) is 6.07 Å². The van der Waals surface area contributed by atoms with E-state index in [9.17, 15) is 0 Å². The van der Waals surface area contributed by atoms with Crippen molar-refractivity contribution in [3.63, 3.8) is 0 Å². The van der Waals surface area contributed by atoms with Crippen molar-refractivity contribution in [1.82, 2.24) is 25.9 Å². The molecule has 1 fully saturated rings. The number of hydrogen-bond acceptors (Lipinski definition) is 5. The number of piperidine rings is 1. The molecule has 1 saturated heterocycles. The van der Waals surface area contributed by atoms with Gasteiger partial charge in [-0.05, 0) is 31.8 Å². The standard InChI is InChI=1S/C8H12N6/c9-4-7(8-11-13-14-12-8)6-2-1-3-10-5-6/h6-7,10H,1-3,5H2,(H,11,12,13,14)/t6?,7-/m0/s1. The lowest BCUT2D eigenvalue weighted by Gasteiger charge is -2.24. The zero-order chi connectivity index (χ0) is 9.80. The first-order valence-electron chi connectivity index (χ1n) is 4.75. The molecule has 2 atom stereocenters. The summed E-state index contributed by atoms with van der Waals surface area (Å²) in [7, 11) is 0. The average Bonchev–Trinajstić information content (AvgIpc) is 2.74. The molecule has 1 aliphatic rings. The topological polar surface area (TPSA) is 90.3 Å². The highest BCUT2D eigenvalue weighted by atomic mass is 15.5. The Hall–Kier alpha value is -1.48. The second-order valence-corrected chi connectivity index (χ2v) is 3.48. The zero-order valence-electron chi connectivity index (χ0n) is 7.77. The molecule has 2 N–H and O–H groups in total. The molecule has 74 valence electrons. The number of nitrogens with one attached hydrogen (secondary N) is 2. The molecule has 0 saturated carbocycles. The summed E-state index contributed by atoms with van der Waals surface area (Å²) in [6, 6.07) is 2.25. The maximum atomic E-state index is 9.05. The summed E-state index contributed by atoms with van der Waals surface area (Å²) in [5, 5.41) is 25.9. The molecule has 14 heavy (non-hydrogen) atoms. The second-order valence-electron chi connectivity index (χ2n) is 3.48. The summed E-state index contributed by atoms with van der Waals surface area (Å²) in [4.78, 5) is 0. The van der Waals surface area contributed by atoms with Gasteiger partial charge in [-0.15, -0.1) is 10.2 Å². The fourth-order valence-corrected chi connectivity index (χ4v) is 1.84. The fraction of sp³-hybridized carbons (Fsp3) is 0.750. The summed E-state index contributed by atoms with van der Waals surface area (Å²) in [5.41, 5.74) is 0. The third kappa shape index (κ3) is 1.72. The summed E-state index contributed by atoms with van der Waals surface area (Å²) in [5.74, 6) is 0.592. The molecule has 0 aromatic carbocycles. The Kier molecular flexibility index (Phi) is 2.70. The molecule has 0 aliphatic carbocycles. The summed E-state index contributed by atoms with van der Waals surface area (Å²) in [6.07, 6.45) is 2.17. The van der Waals surface area contributed by atoms with Crippen LogP contribution in [0.25, 0.3) is 0 Å². The predicted molar refractivity (Wildman–Crippen MR) is 48.1 cm³/mol. The van der Waals surface area contributed by atoms with E-state index in [-0.39, 0.29) is 5.92 Å². The number of aromatic nitrogens is 4. The first kappa shape index (κ1) is 9.09. The van der Waals surface area contributed by atoms with Crippen LogP contribution in [0.1, 0.15) is 24.6 Å². The van der Waals surface area contributed by atoms with Crippen molar-refractivity contribution >= 4 is 0 Å². The maximum Gasteiger partial charge on any atom is 0.191 e. The van der Waals surface area contributed by atoms with Crippen molar-refractivity contribution in [1.29, 1.82) is 5.26 Å². The number of aromatic amines is 1. The number of nitrogens with zero attached hydrogens (tertiary/aromatic N) is 4. The highest BCUT2D eigenvalue weighted by Crippen LogP contribution is 2.25. The van der Waals surface area contributed by atoms with Gasteiger partial charge < -0.3 is 5.32 Å². The average molecular weight is 192 g/mol. The van der Waals surface area contributed by atoms with Crippen LogP contribution in [0.2, 0.25) is 0 Å². The van der Waals surface area contributed by atoms with Crippen molar-refractivity contribution < 1.29 is 0 Å². The quantitative estimate of drug-likeness (QED) is 0.677. The predicted octanol–water partition coefficient (Wildman–Crippen LogP) is -0.194. The minimum Gasteiger partial charge on any atom is -0.316 e. The summed E-state index contributed by atoms with van der Waals surface area (Å²) in [6.45, 7) is 1.91. The van der Waals surface area contributed by atoms with Gasteiger partial charge in [-0.3, -0.25) is 0 Å². The molecule has 6 nitrogen and oxygen atoms in total. The van der Waals surface area contributed by atoms with E-state index >= 15 is 0 Å². The number of rotatable bonds is 2. The van der Waals surface area contributed by atoms with E-state index in [1.807, 2.05) is 0 Å². The molecule has 0 bridgehead atoms. The van der Waals surface area contributed by atoms with Gasteiger partial charge in [-0.1, -0.05) is 5.21 Å². The van der Waals surface area contributed by atoms with Crippen LogP contribution < -0.4 is 5.32 Å². The lowest BCUT2D eigenvalue weighted by molar-refractivity contribution is 0.348. The van der Waals surface area contributed by atoms with E-state index in [0.717, 1.165) is 25.9 Å². The van der Waals surface area contributed by atoms with Crippen LogP contribution >= 0.6 is 0 Å². The van der Waals surface area contributed by atoms with E-state index in [4.69, 9.17) is 5.26 Å². The van der Waals surface area contributed by atoms with E-state index in [2.05, 4.69) is 32.0 Å². The Labute approximate surface area is 81.7 Å². The molecular weight excluding hydrogens is 180 g/mol. The van der Waals surface area contributed by atoms with Gasteiger partial charge in [-0.25, -0.2) is 0 Å². The fourth-order valence-electron chi connectivity index (χ4n) is 1.84. The lowest BCUT2D eigenvalue weighted by Crippen LogP contribution is -2.33. The Bertz CT molecular complexity index is 307. The number of nitriles is 1. The van der Waals surface area contributed by atoms with Crippen molar-refractivity contribution in [2.45, 2.75) is 18.8 Å². The summed E-state index contributed by atoms with van der Waals surface area (Å²) >= 11 is 0. The van der Waals surface area contributed by atoms with Crippen molar-refractivity contribution in [3.8, 4) is 6.07 Å². The monoisotopic (exact) mass is 192 g/mol. The van der Waals surface area contributed by atoms with Gasteiger partial charge in [0, 0.05) is 0 Å². The number of tetrazole rings is 1. The number of H-pyrrole nitrogens is 1. The Morgan fingerprint density at radius 1 is 1.57 bits per heavy atom. The van der Waals surface area contributed by atoms with E-state index in [1.54, 1.807) is 0 Å². The normalized spacial score (nSPS) is 24.1. The van der Waals surface area contributed by atoms with Gasteiger partial charge >= 0.3 is 0 Å². The second kappa shape index (κ2) is 4.15. The van der Waals surface area contributed by atoms with E-state index < -0.39 is 0 Å². The van der Waals surface area contributed by atoms with Gasteiger partial charge in [0.2, 0.25) is 0 Å². The Balaban J connectivity index is 2.09. The molecular formula is C8H12N6. The van der Waals surface area contributed by atoms with Crippen LogP contribution in [-0.2, 0) is 0 Å². The SMILES string of the molecule is N#C[C@H](c1nn[nH]n1)C1CCCNC1. The molecule has 6 heteroatoms. The van der Waals surface area contributed by atoms with E-state index in [0.29, 0.717) is 11.7 Å². The van der Waals surface area contributed by atoms with Gasteiger partial charge in [0.15, 0.2) is 5.82 Å². The third-order valence-electron chi connectivity index (χ3n) is 2.59. The first-order valence-corrected chi connectivity index (χ1v) is 4.75. The van der Waals surface area contributed by atoms with Crippen LogP contribution in [0.15, 0.2) is 0 Å². The molecule has 2 rings (SSSR count).